The maximum Gasteiger partial charge on any atom is 0.0377 e. The number of hydrogen-bond donors (Lipinski definition) is 2. The van der Waals surface area contributed by atoms with Crippen molar-refractivity contribution in [3.63, 3.8) is 0 Å². The van der Waals surface area contributed by atoms with Gasteiger partial charge >= 0.3 is 0 Å². The van der Waals surface area contributed by atoms with Crippen LogP contribution in [-0.2, 0) is 0 Å². The van der Waals surface area contributed by atoms with Crippen molar-refractivity contribution in [1.29, 1.82) is 0 Å². The molecule has 1 aromatic rings. The fourth-order valence-electron chi connectivity index (χ4n) is 3.35. The minimum atomic E-state index is -0.153. The molecule has 1 aliphatic carbocycles. The first kappa shape index (κ1) is 18.8. The Balaban J connectivity index is 1.68. The summed E-state index contributed by atoms with van der Waals surface area (Å²) in [4.78, 5) is 0. The molecule has 0 radical (unpaired) electrons. The molecule has 0 amide bonds. The number of nitrogens with two attached hydrogens (primary N) is 2. The molecule has 1 atom stereocenters. The molecule has 4 N–H and O–H groups in total. The highest BCUT2D eigenvalue weighted by Crippen LogP contribution is 2.29. The van der Waals surface area contributed by atoms with Gasteiger partial charge < -0.3 is 11.5 Å². The highest BCUT2D eigenvalue weighted by molar-refractivity contribution is 5.76. The first-order valence-electron chi connectivity index (χ1n) is 9.67. The third-order valence-electron chi connectivity index (χ3n) is 5.04. The quantitative estimate of drug-likeness (QED) is 0.419. The standard InChI is InChI=1S/C22H34N2/c1-2-3-4-5-6-7-8-9-16-22(24)17-14-20(15-18-22)19-10-12-21(23)13-11-19/h10-15,17H,2-9,16,18,23-24H2,1H3. The molecular weight excluding hydrogens is 292 g/mol. The van der Waals surface area contributed by atoms with Gasteiger partial charge in [-0.1, -0.05) is 88.7 Å². The van der Waals surface area contributed by atoms with Crippen LogP contribution >= 0.6 is 0 Å². The van der Waals surface area contributed by atoms with Crippen molar-refractivity contribution in [3.05, 3.63) is 48.1 Å². The molecular formula is C22H34N2. The maximum absolute atomic E-state index is 6.55. The molecule has 2 nitrogen and oxygen atoms in total. The molecule has 2 heteroatoms. The largest absolute Gasteiger partial charge is 0.399 e. The van der Waals surface area contributed by atoms with Gasteiger partial charge in [0.05, 0.1) is 0 Å². The fraction of sp³-hybridized carbons (Fsp3) is 0.545. The first-order chi connectivity index (χ1) is 11.6. The van der Waals surface area contributed by atoms with Crippen LogP contribution in [0.15, 0.2) is 42.5 Å². The third-order valence-corrected chi connectivity index (χ3v) is 5.04. The van der Waals surface area contributed by atoms with Crippen molar-refractivity contribution in [2.75, 3.05) is 5.73 Å². The summed E-state index contributed by atoms with van der Waals surface area (Å²) in [7, 11) is 0. The topological polar surface area (TPSA) is 52.0 Å². The zero-order valence-electron chi connectivity index (χ0n) is 15.3. The Bertz CT molecular complexity index is 542. The lowest BCUT2D eigenvalue weighted by molar-refractivity contribution is 0.451. The first-order valence-corrected chi connectivity index (χ1v) is 9.67. The van der Waals surface area contributed by atoms with Crippen LogP contribution < -0.4 is 11.5 Å². The Morgan fingerprint density at radius 3 is 2.12 bits per heavy atom. The average Bonchev–Trinajstić information content (AvgIpc) is 2.59. The SMILES string of the molecule is CCCCCCCCCCC1(N)C=CC(c2ccc(N)cc2)=CC1. The van der Waals surface area contributed by atoms with E-state index in [0.29, 0.717) is 0 Å². The number of benzene rings is 1. The molecule has 1 aromatic carbocycles. The van der Waals surface area contributed by atoms with E-state index in [2.05, 4.69) is 37.3 Å². The Morgan fingerprint density at radius 2 is 1.54 bits per heavy atom. The summed E-state index contributed by atoms with van der Waals surface area (Å²) in [6, 6.07) is 8.06. The average molecular weight is 327 g/mol. The summed E-state index contributed by atoms with van der Waals surface area (Å²) in [6.45, 7) is 2.27. The molecule has 0 aromatic heterocycles. The van der Waals surface area contributed by atoms with E-state index < -0.39 is 0 Å². The smallest absolute Gasteiger partial charge is 0.0377 e. The normalized spacial score (nSPS) is 20.2. The molecule has 132 valence electrons. The minimum Gasteiger partial charge on any atom is -0.399 e. The van der Waals surface area contributed by atoms with Gasteiger partial charge in [0.2, 0.25) is 0 Å². The highest BCUT2D eigenvalue weighted by atomic mass is 14.7. The van der Waals surface area contributed by atoms with E-state index in [0.717, 1.165) is 18.5 Å². The second-order valence-corrected chi connectivity index (χ2v) is 7.28. The molecule has 0 saturated carbocycles. The van der Waals surface area contributed by atoms with Gasteiger partial charge in [-0.15, -0.1) is 0 Å². The molecule has 0 spiro atoms. The predicted octanol–water partition coefficient (Wildman–Crippen LogP) is 5.84. The molecule has 0 aliphatic heterocycles. The van der Waals surface area contributed by atoms with Crippen molar-refractivity contribution in [1.82, 2.24) is 0 Å². The van der Waals surface area contributed by atoms with Crippen molar-refractivity contribution >= 4 is 11.3 Å². The monoisotopic (exact) mass is 326 g/mol. The van der Waals surface area contributed by atoms with Gasteiger partial charge in [0.1, 0.15) is 0 Å². The van der Waals surface area contributed by atoms with E-state index in [4.69, 9.17) is 11.5 Å². The molecule has 0 fully saturated rings. The summed E-state index contributed by atoms with van der Waals surface area (Å²) in [5.74, 6) is 0. The van der Waals surface area contributed by atoms with Gasteiger partial charge in [0.25, 0.3) is 0 Å². The maximum atomic E-state index is 6.55. The zero-order chi connectivity index (χ0) is 17.3. The molecule has 0 saturated heterocycles. The summed E-state index contributed by atoms with van der Waals surface area (Å²) < 4.78 is 0. The van der Waals surface area contributed by atoms with Crippen LogP contribution in [0.3, 0.4) is 0 Å². The van der Waals surface area contributed by atoms with Crippen LogP contribution in [0, 0.1) is 0 Å². The number of hydrogen-bond acceptors (Lipinski definition) is 2. The third kappa shape index (κ3) is 6.16. The molecule has 2 rings (SSSR count). The fourth-order valence-corrected chi connectivity index (χ4v) is 3.35. The predicted molar refractivity (Wildman–Crippen MR) is 107 cm³/mol. The Kier molecular flexibility index (Phi) is 7.58. The molecule has 0 heterocycles. The Morgan fingerprint density at radius 1 is 0.917 bits per heavy atom. The zero-order valence-corrected chi connectivity index (χ0v) is 15.3. The van der Waals surface area contributed by atoms with E-state index in [1.54, 1.807) is 0 Å². The van der Waals surface area contributed by atoms with Gasteiger partial charge in [-0.3, -0.25) is 0 Å². The summed E-state index contributed by atoms with van der Waals surface area (Å²) >= 11 is 0. The Labute approximate surface area is 148 Å². The van der Waals surface area contributed by atoms with Crippen molar-refractivity contribution in [2.24, 2.45) is 5.73 Å². The van der Waals surface area contributed by atoms with Crippen LogP contribution in [-0.4, -0.2) is 5.54 Å². The number of rotatable bonds is 10. The van der Waals surface area contributed by atoms with Crippen LogP contribution in [0.2, 0.25) is 0 Å². The van der Waals surface area contributed by atoms with Gasteiger partial charge in [0.15, 0.2) is 0 Å². The van der Waals surface area contributed by atoms with Crippen LogP contribution in [0.5, 0.6) is 0 Å². The van der Waals surface area contributed by atoms with Gasteiger partial charge in [-0.25, -0.2) is 0 Å². The van der Waals surface area contributed by atoms with Gasteiger partial charge in [0, 0.05) is 11.2 Å². The summed E-state index contributed by atoms with van der Waals surface area (Å²) in [5.41, 5.74) is 15.4. The summed E-state index contributed by atoms with van der Waals surface area (Å²) in [5, 5.41) is 0. The van der Waals surface area contributed by atoms with E-state index in [-0.39, 0.29) is 5.54 Å². The number of nitrogen functional groups attached to an aromatic ring is 1. The summed E-state index contributed by atoms with van der Waals surface area (Å²) in [6.07, 6.45) is 19.5. The molecule has 24 heavy (non-hydrogen) atoms. The lowest BCUT2D eigenvalue weighted by Gasteiger charge is -2.28. The van der Waals surface area contributed by atoms with Crippen molar-refractivity contribution < 1.29 is 0 Å². The number of unbranched alkanes of at least 4 members (excludes halogenated alkanes) is 7. The van der Waals surface area contributed by atoms with Crippen molar-refractivity contribution in [2.45, 2.75) is 76.7 Å². The van der Waals surface area contributed by atoms with E-state index in [1.165, 1.54) is 62.5 Å². The van der Waals surface area contributed by atoms with E-state index in [1.807, 2.05) is 12.1 Å². The van der Waals surface area contributed by atoms with Crippen LogP contribution in [0.25, 0.3) is 5.57 Å². The second kappa shape index (κ2) is 9.68. The van der Waals surface area contributed by atoms with Crippen LogP contribution in [0.1, 0.15) is 76.7 Å². The molecule has 1 unspecified atom stereocenters. The van der Waals surface area contributed by atoms with Crippen molar-refractivity contribution in [3.8, 4) is 0 Å². The van der Waals surface area contributed by atoms with Gasteiger partial charge in [-0.2, -0.15) is 0 Å². The lowest BCUT2D eigenvalue weighted by Crippen LogP contribution is -2.38. The second-order valence-electron chi connectivity index (χ2n) is 7.28. The lowest BCUT2D eigenvalue weighted by atomic mass is 9.83. The Hall–Kier alpha value is -1.54. The molecule has 1 aliphatic rings. The van der Waals surface area contributed by atoms with E-state index in [9.17, 15) is 0 Å². The van der Waals surface area contributed by atoms with Crippen LogP contribution in [0.4, 0.5) is 5.69 Å². The van der Waals surface area contributed by atoms with Gasteiger partial charge in [-0.05, 0) is 36.1 Å². The van der Waals surface area contributed by atoms with E-state index >= 15 is 0 Å². The molecule has 0 bridgehead atoms. The number of allylic oxidation sites excluding steroid dienone is 2. The minimum absolute atomic E-state index is 0.153. The number of anilines is 1. The highest BCUT2D eigenvalue weighted by Gasteiger charge is 2.22.